The number of aromatic nitrogens is 3. The molecule has 7 heteroatoms. The van der Waals surface area contributed by atoms with Gasteiger partial charge >= 0.3 is 0 Å². The highest BCUT2D eigenvalue weighted by Crippen LogP contribution is 2.15. The maximum Gasteiger partial charge on any atom is 0.278 e. The minimum Gasteiger partial charge on any atom is -0.353 e. The summed E-state index contributed by atoms with van der Waals surface area (Å²) in [7, 11) is 0. The first-order chi connectivity index (χ1) is 11.6. The molecule has 0 unspecified atom stereocenters. The molecule has 0 atom stereocenters. The van der Waals surface area contributed by atoms with Crippen LogP contribution in [0.2, 0.25) is 0 Å². The molecule has 1 saturated heterocycles. The Balaban J connectivity index is 1.52. The predicted octanol–water partition coefficient (Wildman–Crippen LogP) is 0.640. The smallest absolute Gasteiger partial charge is 0.278 e. The van der Waals surface area contributed by atoms with Gasteiger partial charge in [-0.25, -0.2) is 4.68 Å². The predicted molar refractivity (Wildman–Crippen MR) is 91.6 cm³/mol. The van der Waals surface area contributed by atoms with Gasteiger partial charge in [-0.05, 0) is 44.0 Å². The minimum absolute atomic E-state index is 0.103. The summed E-state index contributed by atoms with van der Waals surface area (Å²) in [5, 5.41) is 11.1. The summed E-state index contributed by atoms with van der Waals surface area (Å²) in [4.78, 5) is 26.7. The number of rotatable bonds is 5. The fourth-order valence-electron chi connectivity index (χ4n) is 2.96. The molecule has 24 heavy (non-hydrogen) atoms. The van der Waals surface area contributed by atoms with Gasteiger partial charge < -0.3 is 10.2 Å². The highest BCUT2D eigenvalue weighted by atomic mass is 16.2. The first-order valence-corrected chi connectivity index (χ1v) is 8.45. The van der Waals surface area contributed by atoms with E-state index in [-0.39, 0.29) is 18.0 Å². The van der Waals surface area contributed by atoms with Crippen molar-refractivity contribution in [3.8, 4) is 0 Å². The summed E-state index contributed by atoms with van der Waals surface area (Å²) in [6.45, 7) is 5.79. The monoisotopic (exact) mass is 329 g/mol. The fourth-order valence-corrected chi connectivity index (χ4v) is 2.96. The zero-order valence-corrected chi connectivity index (χ0v) is 13.9. The molecule has 0 radical (unpaired) electrons. The van der Waals surface area contributed by atoms with Crippen LogP contribution in [-0.4, -0.2) is 52.0 Å². The normalized spacial score (nSPS) is 16.4. The molecule has 0 bridgehead atoms. The highest BCUT2D eigenvalue weighted by Gasteiger charge is 2.15. The molecule has 0 spiro atoms. The van der Waals surface area contributed by atoms with Crippen molar-refractivity contribution in [2.75, 3.05) is 26.2 Å². The second kappa shape index (κ2) is 7.53. The van der Waals surface area contributed by atoms with Crippen LogP contribution in [0.4, 0.5) is 0 Å². The minimum atomic E-state index is -0.291. The molecule has 1 aromatic heterocycles. The Labute approximate surface area is 140 Å². The van der Waals surface area contributed by atoms with Gasteiger partial charge in [0, 0.05) is 13.1 Å². The van der Waals surface area contributed by atoms with Gasteiger partial charge in [0.15, 0.2) is 0 Å². The number of hydrogen-bond acceptors (Lipinski definition) is 5. The molecule has 1 aromatic carbocycles. The van der Waals surface area contributed by atoms with Crippen LogP contribution < -0.4 is 10.9 Å². The molecule has 0 aliphatic carbocycles. The van der Waals surface area contributed by atoms with Crippen LogP contribution in [-0.2, 0) is 11.3 Å². The second-order valence-electron chi connectivity index (χ2n) is 6.44. The Morgan fingerprint density at radius 1 is 1.29 bits per heavy atom. The summed E-state index contributed by atoms with van der Waals surface area (Å²) >= 11 is 0. The Hall–Kier alpha value is -2.28. The maximum absolute atomic E-state index is 12.3. The van der Waals surface area contributed by atoms with Crippen LogP contribution in [0, 0.1) is 5.92 Å². The number of amides is 1. The third-order valence-electron chi connectivity index (χ3n) is 4.55. The first kappa shape index (κ1) is 16.6. The van der Waals surface area contributed by atoms with E-state index in [0.717, 1.165) is 30.2 Å². The van der Waals surface area contributed by atoms with Crippen molar-refractivity contribution in [1.29, 1.82) is 0 Å². The maximum atomic E-state index is 12.3. The molecular weight excluding hydrogens is 306 g/mol. The number of carbonyl (C=O) groups is 1. The number of nitrogens with zero attached hydrogens (tertiary/aromatic N) is 4. The lowest BCUT2D eigenvalue weighted by atomic mass is 9.99. The number of piperidine rings is 1. The lowest BCUT2D eigenvalue weighted by Gasteiger charge is -2.30. The molecule has 1 aliphatic heterocycles. The average molecular weight is 329 g/mol. The van der Waals surface area contributed by atoms with Crippen LogP contribution in [0.15, 0.2) is 29.1 Å². The number of fused-ring (bicyclic) bond motifs is 1. The average Bonchev–Trinajstić information content (AvgIpc) is 2.59. The van der Waals surface area contributed by atoms with Crippen LogP contribution in [0.3, 0.4) is 0 Å². The third-order valence-corrected chi connectivity index (χ3v) is 4.55. The molecule has 3 rings (SSSR count). The van der Waals surface area contributed by atoms with Gasteiger partial charge in [-0.2, -0.15) is 0 Å². The number of hydrogen-bond donors (Lipinski definition) is 1. The van der Waals surface area contributed by atoms with Crippen molar-refractivity contribution >= 4 is 16.8 Å². The molecule has 2 aromatic rings. The zero-order chi connectivity index (χ0) is 16.9. The van der Waals surface area contributed by atoms with Gasteiger partial charge in [0.2, 0.25) is 5.91 Å². The quantitative estimate of drug-likeness (QED) is 0.871. The van der Waals surface area contributed by atoms with E-state index in [0.29, 0.717) is 17.4 Å². The molecule has 0 saturated carbocycles. The van der Waals surface area contributed by atoms with E-state index in [1.807, 2.05) is 0 Å². The van der Waals surface area contributed by atoms with Crippen LogP contribution in [0.5, 0.6) is 0 Å². The summed E-state index contributed by atoms with van der Waals surface area (Å²) in [6.07, 6.45) is 2.44. The molecule has 2 heterocycles. The second-order valence-corrected chi connectivity index (χ2v) is 6.44. The van der Waals surface area contributed by atoms with E-state index in [9.17, 15) is 9.59 Å². The van der Waals surface area contributed by atoms with Crippen LogP contribution in [0.25, 0.3) is 10.9 Å². The van der Waals surface area contributed by atoms with Crippen LogP contribution in [0.1, 0.15) is 19.8 Å². The number of likely N-dealkylation sites (tertiary alicyclic amines) is 1. The molecule has 128 valence electrons. The van der Waals surface area contributed by atoms with Gasteiger partial charge in [-0.1, -0.05) is 24.3 Å². The zero-order valence-electron chi connectivity index (χ0n) is 13.9. The fraction of sp³-hybridized carbons (Fsp3) is 0.529. The molecular formula is C17H23N5O2. The Morgan fingerprint density at radius 3 is 2.83 bits per heavy atom. The summed E-state index contributed by atoms with van der Waals surface area (Å²) < 4.78 is 1.11. The highest BCUT2D eigenvalue weighted by molar-refractivity contribution is 5.78. The largest absolute Gasteiger partial charge is 0.353 e. The van der Waals surface area contributed by atoms with Gasteiger partial charge in [-0.15, -0.1) is 5.10 Å². The van der Waals surface area contributed by atoms with Gasteiger partial charge in [0.25, 0.3) is 5.56 Å². The molecule has 1 N–H and O–H groups in total. The number of carbonyl (C=O) groups excluding carboxylic acids is 1. The number of benzene rings is 1. The van der Waals surface area contributed by atoms with Crippen molar-refractivity contribution in [2.24, 2.45) is 5.92 Å². The van der Waals surface area contributed by atoms with Crippen LogP contribution >= 0.6 is 0 Å². The SMILES string of the molecule is CC1CCN(CCNC(=O)Cn2nnc3ccccc3c2=O)CC1. The Kier molecular flexibility index (Phi) is 5.20. The Bertz CT molecular complexity index is 765. The van der Waals surface area contributed by atoms with Gasteiger partial charge in [-0.3, -0.25) is 9.59 Å². The van der Waals surface area contributed by atoms with E-state index in [2.05, 4.69) is 27.5 Å². The first-order valence-electron chi connectivity index (χ1n) is 8.45. The van der Waals surface area contributed by atoms with Gasteiger partial charge in [0.1, 0.15) is 12.1 Å². The summed E-state index contributed by atoms with van der Waals surface area (Å²) in [6, 6.07) is 7.00. The molecule has 7 nitrogen and oxygen atoms in total. The van der Waals surface area contributed by atoms with Crippen molar-refractivity contribution in [3.63, 3.8) is 0 Å². The topological polar surface area (TPSA) is 80.1 Å². The van der Waals surface area contributed by atoms with Crippen molar-refractivity contribution in [3.05, 3.63) is 34.6 Å². The summed E-state index contributed by atoms with van der Waals surface area (Å²) in [5.74, 6) is 0.584. The van der Waals surface area contributed by atoms with E-state index in [4.69, 9.17) is 0 Å². The van der Waals surface area contributed by atoms with E-state index in [1.165, 1.54) is 12.8 Å². The Morgan fingerprint density at radius 2 is 2.04 bits per heavy atom. The van der Waals surface area contributed by atoms with E-state index < -0.39 is 0 Å². The lowest BCUT2D eigenvalue weighted by molar-refractivity contribution is -0.122. The third kappa shape index (κ3) is 3.97. The van der Waals surface area contributed by atoms with Gasteiger partial charge in [0.05, 0.1) is 5.39 Å². The van der Waals surface area contributed by atoms with E-state index in [1.54, 1.807) is 24.3 Å². The van der Waals surface area contributed by atoms with Crippen molar-refractivity contribution in [2.45, 2.75) is 26.3 Å². The standard InChI is InChI=1S/C17H23N5O2/c1-13-6-9-21(10-7-13)11-8-18-16(23)12-22-17(24)14-4-2-3-5-15(14)19-20-22/h2-5,13H,6-12H2,1H3,(H,18,23). The van der Waals surface area contributed by atoms with E-state index >= 15 is 0 Å². The van der Waals surface area contributed by atoms with Crippen molar-refractivity contribution in [1.82, 2.24) is 25.2 Å². The molecule has 1 aliphatic rings. The lowest BCUT2D eigenvalue weighted by Crippen LogP contribution is -2.41. The molecule has 1 amide bonds. The number of nitrogens with one attached hydrogen (secondary N) is 1. The summed E-state index contributed by atoms with van der Waals surface area (Å²) in [5.41, 5.74) is 0.249. The molecule has 1 fully saturated rings. The van der Waals surface area contributed by atoms with Crippen molar-refractivity contribution < 1.29 is 4.79 Å².